The maximum absolute atomic E-state index is 12.5. The van der Waals surface area contributed by atoms with E-state index in [1.54, 1.807) is 36.1 Å². The van der Waals surface area contributed by atoms with Crippen LogP contribution in [0.5, 0.6) is 11.5 Å². The van der Waals surface area contributed by atoms with E-state index in [0.29, 0.717) is 29.3 Å². The molecule has 0 saturated heterocycles. The minimum atomic E-state index is -0.331. The van der Waals surface area contributed by atoms with Crippen molar-refractivity contribution in [2.45, 2.75) is 20.4 Å². The maximum Gasteiger partial charge on any atom is 0.231 e. The molecule has 1 aromatic carbocycles. The number of hydrogen-bond acceptors (Lipinski definition) is 5. The third kappa shape index (κ3) is 3.43. The third-order valence-corrected chi connectivity index (χ3v) is 4.07. The van der Waals surface area contributed by atoms with Gasteiger partial charge in [-0.3, -0.25) is 14.3 Å². The summed E-state index contributed by atoms with van der Waals surface area (Å²) in [4.78, 5) is 24.3. The number of hydrogen-bond donors (Lipinski definition) is 1. The molecule has 0 radical (unpaired) electrons. The molecule has 1 aliphatic rings. The van der Waals surface area contributed by atoms with E-state index in [0.717, 1.165) is 4.47 Å². The van der Waals surface area contributed by atoms with Gasteiger partial charge < -0.3 is 14.8 Å². The highest BCUT2D eigenvalue weighted by atomic mass is 79.9. The lowest BCUT2D eigenvalue weighted by atomic mass is 10.1. The summed E-state index contributed by atoms with van der Waals surface area (Å²) < 4.78 is 13.1. The highest BCUT2D eigenvalue weighted by Gasteiger charge is 2.22. The van der Waals surface area contributed by atoms with E-state index in [9.17, 15) is 9.59 Å². The van der Waals surface area contributed by atoms with Gasteiger partial charge in [0.15, 0.2) is 17.3 Å². The number of nitrogens with one attached hydrogen (secondary N) is 1. The minimum Gasteiger partial charge on any atom is -0.454 e. The van der Waals surface area contributed by atoms with Crippen LogP contribution in [0.2, 0.25) is 0 Å². The topological polar surface area (TPSA) is 82.5 Å². The van der Waals surface area contributed by atoms with Crippen LogP contribution in [-0.2, 0) is 11.3 Å². The average Bonchev–Trinajstić information content (AvgIpc) is 3.14. The van der Waals surface area contributed by atoms with E-state index < -0.39 is 0 Å². The molecule has 126 valence electrons. The number of ketones is 1. The molecule has 3 rings (SSSR count). The van der Waals surface area contributed by atoms with Crippen LogP contribution in [-0.4, -0.2) is 28.3 Å². The van der Waals surface area contributed by atoms with Crippen molar-refractivity contribution in [2.24, 2.45) is 5.92 Å². The summed E-state index contributed by atoms with van der Waals surface area (Å²) in [6.07, 6.45) is 3.46. The van der Waals surface area contributed by atoms with Crippen molar-refractivity contribution in [3.8, 4) is 11.5 Å². The summed E-state index contributed by atoms with van der Waals surface area (Å²) in [5.74, 6) is 0.323. The van der Waals surface area contributed by atoms with Crippen molar-refractivity contribution in [1.29, 1.82) is 0 Å². The molecular weight excluding hydrogens is 378 g/mol. The molecule has 0 aliphatic carbocycles. The molecule has 1 amide bonds. The van der Waals surface area contributed by atoms with E-state index >= 15 is 0 Å². The molecule has 8 heteroatoms. The number of rotatable bonds is 5. The number of aromatic nitrogens is 2. The second-order valence-electron chi connectivity index (χ2n) is 5.58. The fourth-order valence-corrected chi connectivity index (χ4v) is 2.72. The Kier molecular flexibility index (Phi) is 4.57. The number of halogens is 1. The normalized spacial score (nSPS) is 13.6. The molecule has 24 heavy (non-hydrogen) atoms. The lowest BCUT2D eigenvalue weighted by Crippen LogP contribution is -2.25. The quantitative estimate of drug-likeness (QED) is 0.789. The fraction of sp³-hybridized carbons (Fsp3) is 0.312. The van der Waals surface area contributed by atoms with Crippen LogP contribution < -0.4 is 14.8 Å². The Bertz CT molecular complexity index is 803. The zero-order chi connectivity index (χ0) is 17.3. The molecule has 0 fully saturated rings. The van der Waals surface area contributed by atoms with Gasteiger partial charge in [0.2, 0.25) is 12.7 Å². The number of ether oxygens (including phenoxy) is 2. The molecule has 2 aromatic rings. The van der Waals surface area contributed by atoms with E-state index in [1.807, 2.05) is 0 Å². The predicted molar refractivity (Wildman–Crippen MR) is 90.3 cm³/mol. The van der Waals surface area contributed by atoms with Crippen molar-refractivity contribution in [1.82, 2.24) is 9.78 Å². The Hall–Kier alpha value is -2.35. The van der Waals surface area contributed by atoms with Crippen LogP contribution in [0.1, 0.15) is 24.2 Å². The van der Waals surface area contributed by atoms with E-state index in [4.69, 9.17) is 9.47 Å². The first-order valence-electron chi connectivity index (χ1n) is 7.37. The molecule has 1 aromatic heterocycles. The monoisotopic (exact) mass is 393 g/mol. The summed E-state index contributed by atoms with van der Waals surface area (Å²) in [5, 5.41) is 6.94. The second kappa shape index (κ2) is 6.64. The molecular formula is C16H16BrN3O4. The van der Waals surface area contributed by atoms with Crippen LogP contribution >= 0.6 is 15.9 Å². The molecule has 1 atom stereocenters. The molecule has 1 N–H and O–H groups in total. The molecule has 0 unspecified atom stereocenters. The number of anilines is 1. The van der Waals surface area contributed by atoms with E-state index in [2.05, 4.69) is 26.3 Å². The van der Waals surface area contributed by atoms with E-state index in [1.165, 1.54) is 6.92 Å². The number of Topliss-reactive ketones (excluding diaryl/α,β-unsaturated/α-hetero) is 1. The first-order chi connectivity index (χ1) is 11.4. The maximum atomic E-state index is 12.5. The number of carbonyl (C=O) groups is 2. The smallest absolute Gasteiger partial charge is 0.231 e. The van der Waals surface area contributed by atoms with Gasteiger partial charge in [-0.2, -0.15) is 5.10 Å². The fourth-order valence-electron chi connectivity index (χ4n) is 2.39. The van der Waals surface area contributed by atoms with Gasteiger partial charge in [0.25, 0.3) is 0 Å². The Morgan fingerprint density at radius 1 is 1.38 bits per heavy atom. The van der Waals surface area contributed by atoms with Gasteiger partial charge >= 0.3 is 0 Å². The highest BCUT2D eigenvalue weighted by molar-refractivity contribution is 9.10. The van der Waals surface area contributed by atoms with Crippen LogP contribution in [0.3, 0.4) is 0 Å². The summed E-state index contributed by atoms with van der Waals surface area (Å²) in [6, 6.07) is 3.21. The molecule has 0 saturated carbocycles. The predicted octanol–water partition coefficient (Wildman–Crippen LogP) is 2.85. The Morgan fingerprint density at radius 2 is 2.08 bits per heavy atom. The number of carbonyl (C=O) groups excluding carboxylic acids is 2. The zero-order valence-corrected chi connectivity index (χ0v) is 14.8. The SMILES string of the molecule is CC(=O)c1cc2c(cc1NC(=O)[C@H](C)Cn1cc(Br)cn1)OCO2. The average molecular weight is 394 g/mol. The molecule has 2 heterocycles. The standard InChI is InChI=1S/C16H16BrN3O4/c1-9(6-20-7-11(17)5-18-20)16(22)19-13-4-15-14(23-8-24-15)3-12(13)10(2)21/h3-5,7,9H,6,8H2,1-2H3,(H,19,22)/t9-/m1/s1. The Balaban J connectivity index is 1.77. The molecule has 0 bridgehead atoms. The highest BCUT2D eigenvalue weighted by Crippen LogP contribution is 2.37. The van der Waals surface area contributed by atoms with Gasteiger partial charge in [0.1, 0.15) is 0 Å². The summed E-state index contributed by atoms with van der Waals surface area (Å²) >= 11 is 3.32. The second-order valence-corrected chi connectivity index (χ2v) is 6.49. The van der Waals surface area contributed by atoms with Crippen LogP contribution in [0.25, 0.3) is 0 Å². The van der Waals surface area contributed by atoms with Crippen LogP contribution in [0.15, 0.2) is 29.0 Å². The molecule has 7 nitrogen and oxygen atoms in total. The van der Waals surface area contributed by atoms with Crippen molar-refractivity contribution in [2.75, 3.05) is 12.1 Å². The Labute approximate surface area is 147 Å². The first-order valence-corrected chi connectivity index (χ1v) is 8.16. The van der Waals surface area contributed by atoms with Crippen LogP contribution in [0, 0.1) is 5.92 Å². The number of amides is 1. The lowest BCUT2D eigenvalue weighted by molar-refractivity contribution is -0.119. The van der Waals surface area contributed by atoms with E-state index in [-0.39, 0.29) is 24.4 Å². The van der Waals surface area contributed by atoms with Crippen molar-refractivity contribution < 1.29 is 19.1 Å². The van der Waals surface area contributed by atoms with Crippen LogP contribution in [0.4, 0.5) is 5.69 Å². The number of nitrogens with zero attached hydrogens (tertiary/aromatic N) is 2. The number of benzene rings is 1. The van der Waals surface area contributed by atoms with Crippen molar-refractivity contribution in [3.63, 3.8) is 0 Å². The van der Waals surface area contributed by atoms with Crippen molar-refractivity contribution >= 4 is 33.3 Å². The molecule has 0 spiro atoms. The van der Waals surface area contributed by atoms with Gasteiger partial charge in [-0.15, -0.1) is 0 Å². The largest absolute Gasteiger partial charge is 0.454 e. The number of fused-ring (bicyclic) bond motifs is 1. The summed E-state index contributed by atoms with van der Waals surface area (Å²) in [6.45, 7) is 3.77. The third-order valence-electron chi connectivity index (χ3n) is 3.66. The first kappa shape index (κ1) is 16.5. The lowest BCUT2D eigenvalue weighted by Gasteiger charge is -2.15. The summed E-state index contributed by atoms with van der Waals surface area (Å²) in [5.41, 5.74) is 0.812. The summed E-state index contributed by atoms with van der Waals surface area (Å²) in [7, 11) is 0. The van der Waals surface area contributed by atoms with Gasteiger partial charge in [0.05, 0.1) is 28.8 Å². The van der Waals surface area contributed by atoms with Gasteiger partial charge in [0, 0.05) is 17.8 Å². The molecule has 1 aliphatic heterocycles. The minimum absolute atomic E-state index is 0.106. The van der Waals surface area contributed by atoms with Gasteiger partial charge in [-0.05, 0) is 28.9 Å². The van der Waals surface area contributed by atoms with Gasteiger partial charge in [-0.1, -0.05) is 6.92 Å². The van der Waals surface area contributed by atoms with Crippen molar-refractivity contribution in [3.05, 3.63) is 34.6 Å². The Morgan fingerprint density at radius 3 is 2.71 bits per heavy atom. The zero-order valence-electron chi connectivity index (χ0n) is 13.2. The van der Waals surface area contributed by atoms with Gasteiger partial charge in [-0.25, -0.2) is 0 Å².